The van der Waals surface area contributed by atoms with Gasteiger partial charge < -0.3 is 10.1 Å². The predicted molar refractivity (Wildman–Crippen MR) is 131 cm³/mol. The van der Waals surface area contributed by atoms with Crippen LogP contribution in [0, 0.1) is 20.8 Å². The number of benzene rings is 2. The van der Waals surface area contributed by atoms with Gasteiger partial charge in [-0.2, -0.15) is 0 Å². The summed E-state index contributed by atoms with van der Waals surface area (Å²) < 4.78 is 8.04. The molecular formula is C24H27ClN4O2S. The molecule has 0 aliphatic rings. The Morgan fingerprint density at radius 1 is 1.25 bits per heavy atom. The molecule has 0 radical (unpaired) electrons. The van der Waals surface area contributed by atoms with Gasteiger partial charge in [0.05, 0.1) is 5.75 Å². The molecular weight excluding hydrogens is 444 g/mol. The Labute approximate surface area is 198 Å². The molecule has 6 nitrogen and oxygen atoms in total. The van der Waals surface area contributed by atoms with Gasteiger partial charge in [-0.3, -0.25) is 9.36 Å². The summed E-state index contributed by atoms with van der Waals surface area (Å²) in [5, 5.41) is 12.9. The summed E-state index contributed by atoms with van der Waals surface area (Å²) in [5.74, 6) is 1.49. The molecule has 1 amide bonds. The molecule has 1 atom stereocenters. The van der Waals surface area contributed by atoms with Crippen molar-refractivity contribution >= 4 is 35.0 Å². The number of anilines is 1. The highest BCUT2D eigenvalue weighted by molar-refractivity contribution is 7.99. The number of nitrogens with zero attached hydrogens (tertiary/aromatic N) is 3. The standard InChI is InChI=1S/C24H27ClN4O2S/c1-6-10-29-23(18(5)31-20-12-16(3)22(25)17(4)13-20)27-28-24(29)32-14-21(30)26-19-9-7-8-15(2)11-19/h6-9,11-13,18H,1,10,14H2,2-5H3,(H,26,30). The Morgan fingerprint density at radius 2 is 1.97 bits per heavy atom. The van der Waals surface area contributed by atoms with E-state index >= 15 is 0 Å². The zero-order valence-electron chi connectivity index (χ0n) is 18.7. The number of aryl methyl sites for hydroxylation is 3. The van der Waals surface area contributed by atoms with Crippen molar-refractivity contribution in [1.82, 2.24) is 14.8 Å². The third-order valence-corrected chi connectivity index (χ3v) is 6.34. The van der Waals surface area contributed by atoms with Gasteiger partial charge in [-0.15, -0.1) is 16.8 Å². The number of amides is 1. The summed E-state index contributed by atoms with van der Waals surface area (Å²) in [5.41, 5.74) is 3.78. The summed E-state index contributed by atoms with van der Waals surface area (Å²) in [6.07, 6.45) is 1.42. The summed E-state index contributed by atoms with van der Waals surface area (Å²) >= 11 is 7.59. The molecule has 1 aromatic heterocycles. The van der Waals surface area contributed by atoms with Crippen LogP contribution in [-0.4, -0.2) is 26.4 Å². The number of aromatic nitrogens is 3. The smallest absolute Gasteiger partial charge is 0.234 e. The van der Waals surface area contributed by atoms with Crippen molar-refractivity contribution in [1.29, 1.82) is 0 Å². The number of carbonyl (C=O) groups is 1. The van der Waals surface area contributed by atoms with Crippen LogP contribution in [-0.2, 0) is 11.3 Å². The van der Waals surface area contributed by atoms with E-state index in [1.54, 1.807) is 6.08 Å². The molecule has 0 saturated carbocycles. The van der Waals surface area contributed by atoms with Crippen molar-refractivity contribution in [3.63, 3.8) is 0 Å². The zero-order chi connectivity index (χ0) is 23.3. The highest BCUT2D eigenvalue weighted by Crippen LogP contribution is 2.29. The fourth-order valence-electron chi connectivity index (χ4n) is 3.29. The summed E-state index contributed by atoms with van der Waals surface area (Å²) in [6, 6.07) is 11.5. The highest BCUT2D eigenvalue weighted by Gasteiger charge is 2.20. The third-order valence-electron chi connectivity index (χ3n) is 4.78. The number of nitrogens with one attached hydrogen (secondary N) is 1. The second kappa shape index (κ2) is 10.7. The molecule has 3 rings (SSSR count). The lowest BCUT2D eigenvalue weighted by Gasteiger charge is -2.17. The molecule has 0 fully saturated rings. The molecule has 0 bridgehead atoms. The molecule has 1 unspecified atom stereocenters. The Kier molecular flexibility index (Phi) is 7.99. The maximum atomic E-state index is 12.4. The lowest BCUT2D eigenvalue weighted by Crippen LogP contribution is -2.15. The first kappa shape index (κ1) is 23.9. The number of allylic oxidation sites excluding steroid dienone is 1. The van der Waals surface area contributed by atoms with Gasteiger partial charge in [0.2, 0.25) is 5.91 Å². The second-order valence-corrected chi connectivity index (χ2v) is 8.90. The molecule has 0 aliphatic heterocycles. The Bertz CT molecular complexity index is 1110. The van der Waals surface area contributed by atoms with Crippen LogP contribution in [0.15, 0.2) is 54.2 Å². The van der Waals surface area contributed by atoms with Gasteiger partial charge in [0.15, 0.2) is 17.1 Å². The summed E-state index contributed by atoms with van der Waals surface area (Å²) in [7, 11) is 0. The SMILES string of the molecule is C=CCn1c(SCC(=O)Nc2cccc(C)c2)nnc1C(C)Oc1cc(C)c(Cl)c(C)c1. The fourth-order valence-corrected chi connectivity index (χ4v) is 4.15. The van der Waals surface area contributed by atoms with Crippen LogP contribution in [0.4, 0.5) is 5.69 Å². The van der Waals surface area contributed by atoms with E-state index in [1.807, 2.05) is 68.7 Å². The largest absolute Gasteiger partial charge is 0.483 e. The monoisotopic (exact) mass is 470 g/mol. The van der Waals surface area contributed by atoms with Crippen molar-refractivity contribution in [2.45, 2.75) is 45.5 Å². The van der Waals surface area contributed by atoms with Crippen LogP contribution in [0.3, 0.4) is 0 Å². The Hall–Kier alpha value is -2.77. The van der Waals surface area contributed by atoms with E-state index in [1.165, 1.54) is 11.8 Å². The van der Waals surface area contributed by atoms with Crippen LogP contribution in [0.1, 0.15) is 35.5 Å². The maximum absolute atomic E-state index is 12.4. The minimum Gasteiger partial charge on any atom is -0.483 e. The minimum absolute atomic E-state index is 0.105. The molecule has 168 valence electrons. The first-order chi connectivity index (χ1) is 15.3. The van der Waals surface area contributed by atoms with Crippen molar-refractivity contribution in [3.8, 4) is 5.75 Å². The third kappa shape index (κ3) is 5.93. The van der Waals surface area contributed by atoms with Gasteiger partial charge in [-0.05, 0) is 68.7 Å². The van der Waals surface area contributed by atoms with Crippen molar-refractivity contribution in [3.05, 3.63) is 76.6 Å². The average molecular weight is 471 g/mol. The maximum Gasteiger partial charge on any atom is 0.234 e. The lowest BCUT2D eigenvalue weighted by molar-refractivity contribution is -0.113. The summed E-state index contributed by atoms with van der Waals surface area (Å²) in [6.45, 7) is 12.1. The van der Waals surface area contributed by atoms with E-state index in [4.69, 9.17) is 16.3 Å². The van der Waals surface area contributed by atoms with Gasteiger partial charge in [-0.1, -0.05) is 41.6 Å². The summed E-state index contributed by atoms with van der Waals surface area (Å²) in [4.78, 5) is 12.4. The number of halogens is 1. The lowest BCUT2D eigenvalue weighted by atomic mass is 10.1. The van der Waals surface area contributed by atoms with Crippen molar-refractivity contribution < 1.29 is 9.53 Å². The number of carbonyl (C=O) groups excluding carboxylic acids is 1. The quantitative estimate of drug-likeness (QED) is 0.311. The topological polar surface area (TPSA) is 69.0 Å². The van der Waals surface area contributed by atoms with E-state index in [9.17, 15) is 4.79 Å². The molecule has 0 saturated heterocycles. The molecule has 3 aromatic rings. The molecule has 1 N–H and O–H groups in total. The number of rotatable bonds is 9. The average Bonchev–Trinajstić information content (AvgIpc) is 3.13. The number of hydrogen-bond donors (Lipinski definition) is 1. The Balaban J connectivity index is 1.70. The zero-order valence-corrected chi connectivity index (χ0v) is 20.3. The van der Waals surface area contributed by atoms with Gasteiger partial charge in [-0.25, -0.2) is 0 Å². The van der Waals surface area contributed by atoms with E-state index in [0.29, 0.717) is 17.5 Å². The number of thioether (sulfide) groups is 1. The van der Waals surface area contributed by atoms with Gasteiger partial charge >= 0.3 is 0 Å². The molecule has 2 aromatic carbocycles. The van der Waals surface area contributed by atoms with Crippen molar-refractivity contribution in [2.24, 2.45) is 0 Å². The van der Waals surface area contributed by atoms with Gasteiger partial charge in [0.25, 0.3) is 0 Å². The Morgan fingerprint density at radius 3 is 2.62 bits per heavy atom. The minimum atomic E-state index is -0.349. The van der Waals surface area contributed by atoms with Crippen LogP contribution in [0.25, 0.3) is 0 Å². The first-order valence-corrected chi connectivity index (χ1v) is 11.6. The molecule has 0 aliphatic carbocycles. The van der Waals surface area contributed by atoms with E-state index in [-0.39, 0.29) is 17.8 Å². The molecule has 1 heterocycles. The van der Waals surface area contributed by atoms with Crippen molar-refractivity contribution in [2.75, 3.05) is 11.1 Å². The van der Waals surface area contributed by atoms with E-state index in [0.717, 1.165) is 33.1 Å². The first-order valence-electron chi connectivity index (χ1n) is 10.2. The van der Waals surface area contributed by atoms with Crippen LogP contribution in [0.5, 0.6) is 5.75 Å². The van der Waals surface area contributed by atoms with Crippen LogP contribution >= 0.6 is 23.4 Å². The molecule has 32 heavy (non-hydrogen) atoms. The fraction of sp³-hybridized carbons (Fsp3) is 0.292. The van der Waals surface area contributed by atoms with E-state index < -0.39 is 0 Å². The van der Waals surface area contributed by atoms with Gasteiger partial charge in [0, 0.05) is 17.3 Å². The van der Waals surface area contributed by atoms with Crippen LogP contribution < -0.4 is 10.1 Å². The molecule has 0 spiro atoms. The van der Waals surface area contributed by atoms with E-state index in [2.05, 4.69) is 22.1 Å². The second-order valence-electron chi connectivity index (χ2n) is 7.58. The molecule has 8 heteroatoms. The predicted octanol–water partition coefficient (Wildman–Crippen LogP) is 5.91. The normalized spacial score (nSPS) is 11.8. The number of hydrogen-bond acceptors (Lipinski definition) is 5. The van der Waals surface area contributed by atoms with Gasteiger partial charge in [0.1, 0.15) is 5.75 Å². The van der Waals surface area contributed by atoms with Crippen LogP contribution in [0.2, 0.25) is 5.02 Å². The highest BCUT2D eigenvalue weighted by atomic mass is 35.5. The number of ether oxygens (including phenoxy) is 1.